The van der Waals surface area contributed by atoms with Gasteiger partial charge in [-0.3, -0.25) is 9.78 Å². The summed E-state index contributed by atoms with van der Waals surface area (Å²) in [5, 5.41) is 9.36. The highest BCUT2D eigenvalue weighted by Gasteiger charge is 2.28. The first-order valence-electron chi connectivity index (χ1n) is 5.86. The lowest BCUT2D eigenvalue weighted by molar-refractivity contribution is 0.0698. The van der Waals surface area contributed by atoms with Crippen molar-refractivity contribution >= 4 is 29.2 Å². The van der Waals surface area contributed by atoms with Crippen LogP contribution in [-0.2, 0) is 7.05 Å². The van der Waals surface area contributed by atoms with Gasteiger partial charge in [0.15, 0.2) is 4.77 Å². The number of carboxylic acids is 1. The quantitative estimate of drug-likeness (QED) is 0.813. The van der Waals surface area contributed by atoms with Crippen LogP contribution in [0.3, 0.4) is 0 Å². The average molecular weight is 277 g/mol. The first-order chi connectivity index (χ1) is 8.99. The molecule has 19 heavy (non-hydrogen) atoms. The van der Waals surface area contributed by atoms with Gasteiger partial charge in [0.05, 0.1) is 10.9 Å². The third kappa shape index (κ3) is 1.86. The normalized spacial score (nSPS) is 14.8. The largest absolute Gasteiger partial charge is 0.478 e. The Balaban J connectivity index is 2.50. The maximum absolute atomic E-state index is 11.9. The van der Waals surface area contributed by atoms with Crippen molar-refractivity contribution in [3.05, 3.63) is 32.4 Å². The van der Waals surface area contributed by atoms with Crippen LogP contribution in [0.5, 0.6) is 0 Å². The Bertz CT molecular complexity index is 817. The summed E-state index contributed by atoms with van der Waals surface area (Å²) in [7, 11) is 1.66. The second-order valence-electron chi connectivity index (χ2n) is 4.69. The molecule has 2 aromatic rings. The Hall–Kier alpha value is -2.02. The van der Waals surface area contributed by atoms with Crippen molar-refractivity contribution in [1.29, 1.82) is 0 Å². The number of hydrogen-bond donors (Lipinski definition) is 2. The molecule has 0 spiro atoms. The molecule has 7 heteroatoms. The van der Waals surface area contributed by atoms with Gasteiger partial charge < -0.3 is 9.67 Å². The van der Waals surface area contributed by atoms with E-state index in [-0.39, 0.29) is 15.7 Å². The zero-order chi connectivity index (χ0) is 13.7. The SMILES string of the molecule is Cn1c(=S)[nH]c(=O)c2c(C(=O)O)cc(C3CC3)nc21. The van der Waals surface area contributed by atoms with E-state index < -0.39 is 11.5 Å². The van der Waals surface area contributed by atoms with Crippen LogP contribution in [0.2, 0.25) is 0 Å². The van der Waals surface area contributed by atoms with Gasteiger partial charge in [-0.25, -0.2) is 9.78 Å². The van der Waals surface area contributed by atoms with E-state index in [4.69, 9.17) is 12.2 Å². The summed E-state index contributed by atoms with van der Waals surface area (Å²) >= 11 is 5.02. The Morgan fingerprint density at radius 2 is 2.26 bits per heavy atom. The molecule has 0 radical (unpaired) electrons. The maximum atomic E-state index is 11.9. The Labute approximate surface area is 112 Å². The topological polar surface area (TPSA) is 88.0 Å². The van der Waals surface area contributed by atoms with Crippen LogP contribution >= 0.6 is 12.2 Å². The molecule has 0 atom stereocenters. The zero-order valence-electron chi connectivity index (χ0n) is 10.1. The molecule has 2 heterocycles. The average Bonchev–Trinajstić information content (AvgIpc) is 3.18. The van der Waals surface area contributed by atoms with Gasteiger partial charge in [-0.2, -0.15) is 0 Å². The summed E-state index contributed by atoms with van der Waals surface area (Å²) < 4.78 is 1.76. The number of aromatic carboxylic acids is 1. The lowest BCUT2D eigenvalue weighted by Gasteiger charge is -2.09. The number of pyridine rings is 1. The number of nitrogens with one attached hydrogen (secondary N) is 1. The van der Waals surface area contributed by atoms with Crippen LogP contribution in [0.4, 0.5) is 0 Å². The minimum Gasteiger partial charge on any atom is -0.478 e. The first kappa shape index (κ1) is 12.0. The highest BCUT2D eigenvalue weighted by atomic mass is 32.1. The van der Waals surface area contributed by atoms with Crippen LogP contribution in [0, 0.1) is 4.77 Å². The Morgan fingerprint density at radius 3 is 2.84 bits per heavy atom. The lowest BCUT2D eigenvalue weighted by Crippen LogP contribution is -2.18. The highest BCUT2D eigenvalue weighted by molar-refractivity contribution is 7.71. The predicted octanol–water partition coefficient (Wildman–Crippen LogP) is 1.57. The number of carboxylic acid groups (broad SMARTS) is 1. The molecule has 0 saturated heterocycles. The standard InChI is InChI=1S/C12H11N3O3S/c1-15-9-8(10(16)14-12(15)19)6(11(17)18)4-7(13-9)5-2-3-5/h4-5H,2-3H2,1H3,(H,17,18)(H,14,16,19). The van der Waals surface area contributed by atoms with E-state index in [2.05, 4.69) is 9.97 Å². The number of H-pyrrole nitrogens is 1. The molecule has 0 amide bonds. The van der Waals surface area contributed by atoms with E-state index in [9.17, 15) is 14.7 Å². The molecule has 1 fully saturated rings. The van der Waals surface area contributed by atoms with Crippen molar-refractivity contribution in [3.8, 4) is 0 Å². The van der Waals surface area contributed by atoms with Crippen LogP contribution in [0.15, 0.2) is 10.9 Å². The number of rotatable bonds is 2. The maximum Gasteiger partial charge on any atom is 0.336 e. The molecular formula is C12H11N3O3S. The molecular weight excluding hydrogens is 266 g/mol. The van der Waals surface area contributed by atoms with Crippen molar-refractivity contribution < 1.29 is 9.90 Å². The fourth-order valence-electron chi connectivity index (χ4n) is 2.11. The number of carbonyl (C=O) groups is 1. The van der Waals surface area contributed by atoms with Crippen molar-refractivity contribution in [2.24, 2.45) is 7.05 Å². The number of aryl methyl sites for hydroxylation is 1. The summed E-state index contributed by atoms with van der Waals surface area (Å²) in [4.78, 5) is 30.2. The van der Waals surface area contributed by atoms with Gasteiger partial charge in [-0.1, -0.05) is 0 Å². The third-order valence-electron chi connectivity index (χ3n) is 3.32. The summed E-state index contributed by atoms with van der Waals surface area (Å²) in [6.45, 7) is 0. The molecule has 0 bridgehead atoms. The molecule has 2 N–H and O–H groups in total. The van der Waals surface area contributed by atoms with Crippen molar-refractivity contribution in [2.45, 2.75) is 18.8 Å². The number of hydrogen-bond acceptors (Lipinski definition) is 4. The van der Waals surface area contributed by atoms with Gasteiger partial charge in [0, 0.05) is 18.7 Å². The summed E-state index contributed by atoms with van der Waals surface area (Å²) in [6, 6.07) is 1.50. The zero-order valence-corrected chi connectivity index (χ0v) is 11.0. The summed E-state index contributed by atoms with van der Waals surface area (Å²) in [5.74, 6) is -0.827. The Morgan fingerprint density at radius 1 is 1.58 bits per heavy atom. The predicted molar refractivity (Wildman–Crippen MR) is 71.1 cm³/mol. The number of aromatic amines is 1. The molecule has 6 nitrogen and oxygen atoms in total. The van der Waals surface area contributed by atoms with E-state index >= 15 is 0 Å². The molecule has 3 rings (SSSR count). The highest BCUT2D eigenvalue weighted by Crippen LogP contribution is 2.39. The van der Waals surface area contributed by atoms with Gasteiger partial charge in [0.2, 0.25) is 0 Å². The van der Waals surface area contributed by atoms with Crippen LogP contribution < -0.4 is 5.56 Å². The molecule has 1 saturated carbocycles. The number of nitrogens with zero attached hydrogens (tertiary/aromatic N) is 2. The van der Waals surface area contributed by atoms with Gasteiger partial charge in [-0.05, 0) is 31.1 Å². The van der Waals surface area contributed by atoms with Crippen molar-refractivity contribution in [3.63, 3.8) is 0 Å². The van der Waals surface area contributed by atoms with Gasteiger partial charge >= 0.3 is 5.97 Å². The second-order valence-corrected chi connectivity index (χ2v) is 5.08. The summed E-state index contributed by atoms with van der Waals surface area (Å²) in [6.07, 6.45) is 2.01. The fraction of sp³-hybridized carbons (Fsp3) is 0.333. The van der Waals surface area contributed by atoms with E-state index in [0.29, 0.717) is 11.6 Å². The molecule has 1 aliphatic rings. The first-order valence-corrected chi connectivity index (χ1v) is 6.27. The molecule has 98 valence electrons. The second kappa shape index (κ2) is 3.99. The van der Waals surface area contributed by atoms with Crippen LogP contribution in [-0.4, -0.2) is 25.6 Å². The lowest BCUT2D eigenvalue weighted by atomic mass is 10.1. The van der Waals surface area contributed by atoms with Crippen molar-refractivity contribution in [1.82, 2.24) is 14.5 Å². The smallest absolute Gasteiger partial charge is 0.336 e. The van der Waals surface area contributed by atoms with Gasteiger partial charge in [0.25, 0.3) is 5.56 Å². The molecule has 0 aliphatic heterocycles. The third-order valence-corrected chi connectivity index (χ3v) is 3.69. The minimum atomic E-state index is -1.13. The molecule has 1 aliphatic carbocycles. The van der Waals surface area contributed by atoms with E-state index in [1.54, 1.807) is 7.05 Å². The van der Waals surface area contributed by atoms with Crippen molar-refractivity contribution in [2.75, 3.05) is 0 Å². The van der Waals surface area contributed by atoms with Crippen LogP contribution in [0.25, 0.3) is 11.0 Å². The van der Waals surface area contributed by atoms with E-state index in [0.717, 1.165) is 18.5 Å². The monoisotopic (exact) mass is 277 g/mol. The number of aromatic nitrogens is 3. The molecule has 2 aromatic heterocycles. The van der Waals surface area contributed by atoms with Crippen LogP contribution in [0.1, 0.15) is 34.8 Å². The number of fused-ring (bicyclic) bond motifs is 1. The van der Waals surface area contributed by atoms with Gasteiger partial charge in [0.1, 0.15) is 5.65 Å². The fourth-order valence-corrected chi connectivity index (χ4v) is 2.29. The Kier molecular flexibility index (Phi) is 2.53. The van der Waals surface area contributed by atoms with E-state index in [1.807, 2.05) is 0 Å². The summed E-state index contributed by atoms with van der Waals surface area (Å²) in [5.41, 5.74) is 0.528. The minimum absolute atomic E-state index is 0.0150. The van der Waals surface area contributed by atoms with E-state index in [1.165, 1.54) is 10.6 Å². The van der Waals surface area contributed by atoms with Gasteiger partial charge in [-0.15, -0.1) is 0 Å². The molecule has 0 aromatic carbocycles. The molecule has 0 unspecified atom stereocenters.